The van der Waals surface area contributed by atoms with Crippen LogP contribution in [0.1, 0.15) is 18.9 Å². The summed E-state index contributed by atoms with van der Waals surface area (Å²) in [6.45, 7) is 2.03. The van der Waals surface area contributed by atoms with Crippen LogP contribution in [0.25, 0.3) is 0 Å². The van der Waals surface area contributed by atoms with Crippen molar-refractivity contribution in [1.82, 2.24) is 0 Å². The molecular formula is C11H13NO2. The van der Waals surface area contributed by atoms with E-state index in [4.69, 9.17) is 9.94 Å². The Morgan fingerprint density at radius 2 is 2.21 bits per heavy atom. The Hall–Kier alpha value is -1.77. The quantitative estimate of drug-likeness (QED) is 0.344. The monoisotopic (exact) mass is 191 g/mol. The Balaban J connectivity index is 2.79. The van der Waals surface area contributed by atoms with Crippen molar-refractivity contribution < 1.29 is 9.94 Å². The third-order valence-electron chi connectivity index (χ3n) is 1.64. The molecule has 0 aliphatic rings. The van der Waals surface area contributed by atoms with Crippen LogP contribution < -0.4 is 4.74 Å². The molecule has 0 spiro atoms. The van der Waals surface area contributed by atoms with Crippen molar-refractivity contribution in [3.63, 3.8) is 0 Å². The zero-order chi connectivity index (χ0) is 10.2. The minimum atomic E-state index is 0.676. The van der Waals surface area contributed by atoms with Crippen LogP contribution in [0.5, 0.6) is 5.75 Å². The largest absolute Gasteiger partial charge is 0.465 e. The van der Waals surface area contributed by atoms with Gasteiger partial charge in [0, 0.05) is 5.56 Å². The van der Waals surface area contributed by atoms with Crippen molar-refractivity contribution in [1.29, 1.82) is 0 Å². The number of benzene rings is 1. The number of hydrogen-bond donors (Lipinski definition) is 1. The van der Waals surface area contributed by atoms with Crippen molar-refractivity contribution in [2.45, 2.75) is 13.3 Å². The van der Waals surface area contributed by atoms with E-state index < -0.39 is 0 Å². The third-order valence-corrected chi connectivity index (χ3v) is 1.64. The van der Waals surface area contributed by atoms with Crippen LogP contribution >= 0.6 is 0 Å². The Kier molecular flexibility index (Phi) is 4.27. The van der Waals surface area contributed by atoms with Crippen LogP contribution in [0.4, 0.5) is 0 Å². The molecule has 0 radical (unpaired) electrons. The number of hydrogen-bond acceptors (Lipinski definition) is 3. The molecule has 1 N–H and O–H groups in total. The van der Waals surface area contributed by atoms with E-state index in [9.17, 15) is 0 Å². The van der Waals surface area contributed by atoms with E-state index in [0.29, 0.717) is 5.75 Å². The molecule has 3 nitrogen and oxygen atoms in total. The molecule has 3 heteroatoms. The molecular weight excluding hydrogens is 178 g/mol. The molecule has 1 aromatic rings. The van der Waals surface area contributed by atoms with E-state index in [0.717, 1.165) is 12.0 Å². The summed E-state index contributed by atoms with van der Waals surface area (Å²) in [6, 6.07) is 7.35. The lowest BCUT2D eigenvalue weighted by Gasteiger charge is -2.02. The lowest BCUT2D eigenvalue weighted by atomic mass is 10.2. The molecule has 0 fully saturated rings. The number of ether oxygens (including phenoxy) is 1. The standard InChI is InChI=1S/C11H13NO2/c1-2-3-8-14-11-7-5-4-6-10(11)9-12-13/h3-9,13H,2H2,1H3. The minimum absolute atomic E-state index is 0.676. The highest BCUT2D eigenvalue weighted by molar-refractivity contribution is 5.82. The van der Waals surface area contributed by atoms with E-state index in [1.807, 2.05) is 37.3 Å². The highest BCUT2D eigenvalue weighted by atomic mass is 16.5. The van der Waals surface area contributed by atoms with Gasteiger partial charge in [0.15, 0.2) is 0 Å². The Bertz CT molecular complexity index is 332. The van der Waals surface area contributed by atoms with Gasteiger partial charge in [0.25, 0.3) is 0 Å². The maximum atomic E-state index is 8.41. The molecule has 74 valence electrons. The molecule has 0 saturated heterocycles. The van der Waals surface area contributed by atoms with Crippen molar-refractivity contribution >= 4 is 6.21 Å². The molecule has 0 amide bonds. The SMILES string of the molecule is CCC=COc1ccccc1C=NO. The van der Waals surface area contributed by atoms with Crippen molar-refractivity contribution in [2.24, 2.45) is 5.16 Å². The van der Waals surface area contributed by atoms with Crippen molar-refractivity contribution in [2.75, 3.05) is 0 Å². The second-order valence-corrected chi connectivity index (χ2v) is 2.68. The second kappa shape index (κ2) is 5.80. The predicted octanol–water partition coefficient (Wildman–Crippen LogP) is 2.80. The first-order chi connectivity index (χ1) is 6.88. The van der Waals surface area contributed by atoms with E-state index >= 15 is 0 Å². The second-order valence-electron chi connectivity index (χ2n) is 2.68. The molecule has 0 aliphatic carbocycles. The minimum Gasteiger partial charge on any atom is -0.465 e. The number of rotatable bonds is 4. The average molecular weight is 191 g/mol. The lowest BCUT2D eigenvalue weighted by Crippen LogP contribution is -1.89. The van der Waals surface area contributed by atoms with Gasteiger partial charge in [-0.3, -0.25) is 0 Å². The van der Waals surface area contributed by atoms with Gasteiger partial charge in [0.2, 0.25) is 0 Å². The summed E-state index contributed by atoms with van der Waals surface area (Å²) >= 11 is 0. The summed E-state index contributed by atoms with van der Waals surface area (Å²) in [5.74, 6) is 0.676. The molecule has 0 unspecified atom stereocenters. The van der Waals surface area contributed by atoms with Gasteiger partial charge < -0.3 is 9.94 Å². The normalized spacial score (nSPS) is 11.2. The van der Waals surface area contributed by atoms with Crippen molar-refractivity contribution in [3.8, 4) is 5.75 Å². The zero-order valence-electron chi connectivity index (χ0n) is 8.05. The lowest BCUT2D eigenvalue weighted by molar-refractivity contribution is 0.321. The van der Waals surface area contributed by atoms with Gasteiger partial charge in [-0.15, -0.1) is 0 Å². The molecule has 0 saturated carbocycles. The Labute approximate surface area is 83.3 Å². The van der Waals surface area contributed by atoms with Crippen LogP contribution in [-0.4, -0.2) is 11.4 Å². The summed E-state index contributed by atoms with van der Waals surface area (Å²) in [7, 11) is 0. The fourth-order valence-electron chi connectivity index (χ4n) is 0.974. The van der Waals surface area contributed by atoms with E-state index in [1.165, 1.54) is 6.21 Å². The zero-order valence-corrected chi connectivity index (χ0v) is 8.05. The maximum absolute atomic E-state index is 8.41. The van der Waals surface area contributed by atoms with Gasteiger partial charge in [-0.1, -0.05) is 24.2 Å². The Morgan fingerprint density at radius 3 is 2.93 bits per heavy atom. The van der Waals surface area contributed by atoms with Gasteiger partial charge >= 0.3 is 0 Å². The fraction of sp³-hybridized carbons (Fsp3) is 0.182. The van der Waals surface area contributed by atoms with Crippen LogP contribution in [0.15, 0.2) is 41.8 Å². The summed E-state index contributed by atoms with van der Waals surface area (Å²) in [6.07, 6.45) is 5.81. The summed E-state index contributed by atoms with van der Waals surface area (Å²) < 4.78 is 5.35. The average Bonchev–Trinajstić information content (AvgIpc) is 2.21. The molecule has 0 bridgehead atoms. The summed E-state index contributed by atoms with van der Waals surface area (Å²) in [5, 5.41) is 11.4. The fourth-order valence-corrected chi connectivity index (χ4v) is 0.974. The van der Waals surface area contributed by atoms with Crippen LogP contribution in [0.2, 0.25) is 0 Å². The highest BCUT2D eigenvalue weighted by Gasteiger charge is 1.97. The molecule has 0 atom stereocenters. The highest BCUT2D eigenvalue weighted by Crippen LogP contribution is 2.15. The molecule has 1 rings (SSSR count). The smallest absolute Gasteiger partial charge is 0.135 e. The predicted molar refractivity (Wildman–Crippen MR) is 55.9 cm³/mol. The number of oxime groups is 1. The van der Waals surface area contributed by atoms with Crippen LogP contribution in [0.3, 0.4) is 0 Å². The van der Waals surface area contributed by atoms with Crippen molar-refractivity contribution in [3.05, 3.63) is 42.2 Å². The van der Waals surface area contributed by atoms with Crippen LogP contribution in [0, 0.1) is 0 Å². The number of nitrogens with zero attached hydrogens (tertiary/aromatic N) is 1. The third kappa shape index (κ3) is 2.94. The van der Waals surface area contributed by atoms with Gasteiger partial charge in [0.1, 0.15) is 5.75 Å². The van der Waals surface area contributed by atoms with Crippen LogP contribution in [-0.2, 0) is 0 Å². The molecule has 14 heavy (non-hydrogen) atoms. The number of allylic oxidation sites excluding steroid dienone is 1. The molecule has 0 aliphatic heterocycles. The van der Waals surface area contributed by atoms with E-state index in [1.54, 1.807) is 6.26 Å². The van der Waals surface area contributed by atoms with E-state index in [2.05, 4.69) is 5.16 Å². The van der Waals surface area contributed by atoms with Gasteiger partial charge in [0.05, 0.1) is 12.5 Å². The number of para-hydroxylation sites is 1. The first-order valence-corrected chi connectivity index (χ1v) is 4.46. The first kappa shape index (κ1) is 10.3. The maximum Gasteiger partial charge on any atom is 0.135 e. The van der Waals surface area contributed by atoms with Gasteiger partial charge in [-0.2, -0.15) is 0 Å². The molecule has 0 heterocycles. The molecule has 0 aromatic heterocycles. The molecule has 1 aromatic carbocycles. The van der Waals surface area contributed by atoms with E-state index in [-0.39, 0.29) is 0 Å². The Morgan fingerprint density at radius 1 is 1.43 bits per heavy atom. The summed E-state index contributed by atoms with van der Waals surface area (Å²) in [4.78, 5) is 0. The van der Waals surface area contributed by atoms with Gasteiger partial charge in [-0.25, -0.2) is 0 Å². The topological polar surface area (TPSA) is 41.8 Å². The summed E-state index contributed by atoms with van der Waals surface area (Å²) in [5.41, 5.74) is 0.746. The first-order valence-electron chi connectivity index (χ1n) is 4.46. The van der Waals surface area contributed by atoms with Gasteiger partial charge in [-0.05, 0) is 24.6 Å².